The molecule has 3 rings (SSSR count). The van der Waals surface area contributed by atoms with Crippen LogP contribution in [0.15, 0.2) is 36.5 Å². The van der Waals surface area contributed by atoms with Gasteiger partial charge in [0.25, 0.3) is 0 Å². The van der Waals surface area contributed by atoms with E-state index in [4.69, 9.17) is 9.47 Å². The Kier molecular flexibility index (Phi) is 4.49. The third kappa shape index (κ3) is 2.76. The van der Waals surface area contributed by atoms with Gasteiger partial charge in [-0.2, -0.15) is 0 Å². The molecule has 0 bridgehead atoms. The van der Waals surface area contributed by atoms with E-state index >= 15 is 0 Å². The van der Waals surface area contributed by atoms with Crippen LogP contribution in [0.3, 0.4) is 0 Å². The molecule has 2 N–H and O–H groups in total. The fourth-order valence-corrected chi connectivity index (χ4v) is 2.71. The van der Waals surface area contributed by atoms with Crippen LogP contribution >= 0.6 is 0 Å². The fraction of sp³-hybridized carbons (Fsp3) is 0.467. The van der Waals surface area contributed by atoms with Gasteiger partial charge in [0.05, 0.1) is 19.4 Å². The van der Waals surface area contributed by atoms with Crippen LogP contribution in [0, 0.1) is 0 Å². The minimum absolute atomic E-state index is 0.256. The summed E-state index contributed by atoms with van der Waals surface area (Å²) in [6.45, 7) is 0.0261. The molecule has 1 aliphatic rings. The predicted octanol–water partition coefficient (Wildman–Crippen LogP) is 0.253. The van der Waals surface area contributed by atoms with Crippen LogP contribution in [-0.4, -0.2) is 63.8 Å². The Morgan fingerprint density at radius 3 is 2.82 bits per heavy atom. The molecule has 7 nitrogen and oxygen atoms in total. The second-order valence-corrected chi connectivity index (χ2v) is 5.26. The molecule has 0 saturated carbocycles. The lowest BCUT2D eigenvalue weighted by Crippen LogP contribution is -2.52. The molecule has 1 aromatic carbocycles. The Hall–Kier alpha value is -1.80. The quantitative estimate of drug-likeness (QED) is 0.842. The minimum atomic E-state index is -0.922. The molecule has 1 fully saturated rings. The second kappa shape index (κ2) is 6.53. The summed E-state index contributed by atoms with van der Waals surface area (Å²) in [4.78, 5) is 0. The van der Waals surface area contributed by atoms with Crippen molar-refractivity contribution >= 4 is 0 Å². The summed E-state index contributed by atoms with van der Waals surface area (Å²) in [6, 6.07) is 9.22. The highest BCUT2D eigenvalue weighted by atomic mass is 16.6. The van der Waals surface area contributed by atoms with Gasteiger partial charge in [-0.05, 0) is 0 Å². The highest BCUT2D eigenvalue weighted by molar-refractivity contribution is 5.57. The molecule has 118 valence electrons. The lowest BCUT2D eigenvalue weighted by molar-refractivity contribution is -0.174. The molecule has 1 aliphatic heterocycles. The second-order valence-electron chi connectivity index (χ2n) is 5.26. The SMILES string of the molecule is CO[C@H]1CO[C@H](CO)[C@H](O)[C@H]1n1cc(-c2ccccc2)nn1. The van der Waals surface area contributed by atoms with Crippen LogP contribution < -0.4 is 0 Å². The van der Waals surface area contributed by atoms with Crippen molar-refractivity contribution in [1.82, 2.24) is 15.0 Å². The van der Waals surface area contributed by atoms with Gasteiger partial charge in [-0.3, -0.25) is 0 Å². The van der Waals surface area contributed by atoms with Gasteiger partial charge >= 0.3 is 0 Å². The molecular formula is C15H19N3O4. The van der Waals surface area contributed by atoms with Gasteiger partial charge in [-0.15, -0.1) is 5.10 Å². The topological polar surface area (TPSA) is 89.6 Å². The number of methoxy groups -OCH3 is 1. The van der Waals surface area contributed by atoms with E-state index in [0.29, 0.717) is 0 Å². The molecule has 7 heteroatoms. The Morgan fingerprint density at radius 1 is 1.36 bits per heavy atom. The molecular weight excluding hydrogens is 286 g/mol. The number of ether oxygens (including phenoxy) is 2. The van der Waals surface area contributed by atoms with Crippen LogP contribution in [-0.2, 0) is 9.47 Å². The molecule has 0 aliphatic carbocycles. The van der Waals surface area contributed by atoms with E-state index < -0.39 is 18.2 Å². The first-order chi connectivity index (χ1) is 10.7. The standard InChI is InChI=1S/C15H19N3O4/c1-21-13-9-22-12(8-19)15(20)14(13)18-7-11(16-17-18)10-5-3-2-4-6-10/h2-7,12-15,19-20H,8-9H2,1H3/t12-,13+,14+,15+/m1/s1. The first kappa shape index (κ1) is 15.1. The van der Waals surface area contributed by atoms with E-state index in [1.54, 1.807) is 18.0 Å². The van der Waals surface area contributed by atoms with Crippen molar-refractivity contribution in [2.75, 3.05) is 20.3 Å². The van der Waals surface area contributed by atoms with Crippen LogP contribution in [0.25, 0.3) is 11.3 Å². The minimum Gasteiger partial charge on any atom is -0.394 e. The van der Waals surface area contributed by atoms with Crippen molar-refractivity contribution in [1.29, 1.82) is 0 Å². The summed E-state index contributed by atoms with van der Waals surface area (Å²) >= 11 is 0. The molecule has 1 aromatic heterocycles. The Morgan fingerprint density at radius 2 is 2.14 bits per heavy atom. The molecule has 4 atom stereocenters. The fourth-order valence-electron chi connectivity index (χ4n) is 2.71. The maximum Gasteiger partial charge on any atom is 0.113 e. The molecule has 0 radical (unpaired) electrons. The van der Waals surface area contributed by atoms with Crippen LogP contribution in [0.1, 0.15) is 6.04 Å². The van der Waals surface area contributed by atoms with Gasteiger partial charge in [0.15, 0.2) is 0 Å². The molecule has 22 heavy (non-hydrogen) atoms. The van der Waals surface area contributed by atoms with Crippen LogP contribution in [0.4, 0.5) is 0 Å². The van der Waals surface area contributed by atoms with E-state index in [0.717, 1.165) is 11.3 Å². The highest BCUT2D eigenvalue weighted by Crippen LogP contribution is 2.28. The van der Waals surface area contributed by atoms with Gasteiger partial charge in [0, 0.05) is 12.7 Å². The summed E-state index contributed by atoms with van der Waals surface area (Å²) in [6.07, 6.45) is -0.160. The zero-order valence-corrected chi connectivity index (χ0v) is 12.2. The highest BCUT2D eigenvalue weighted by Gasteiger charge is 2.41. The van der Waals surface area contributed by atoms with E-state index in [-0.39, 0.29) is 19.3 Å². The van der Waals surface area contributed by atoms with Crippen molar-refractivity contribution in [3.63, 3.8) is 0 Å². The smallest absolute Gasteiger partial charge is 0.113 e. The van der Waals surface area contributed by atoms with Crippen LogP contribution in [0.2, 0.25) is 0 Å². The van der Waals surface area contributed by atoms with Gasteiger partial charge in [0.1, 0.15) is 30.0 Å². The largest absolute Gasteiger partial charge is 0.394 e. The maximum atomic E-state index is 10.4. The van der Waals surface area contributed by atoms with Gasteiger partial charge in [-0.25, -0.2) is 4.68 Å². The predicted molar refractivity (Wildman–Crippen MR) is 78.1 cm³/mol. The van der Waals surface area contributed by atoms with E-state index in [2.05, 4.69) is 10.3 Å². The lowest BCUT2D eigenvalue weighted by atomic mass is 9.97. The van der Waals surface area contributed by atoms with E-state index in [1.165, 1.54) is 0 Å². The monoisotopic (exact) mass is 305 g/mol. The van der Waals surface area contributed by atoms with Gasteiger partial charge in [-0.1, -0.05) is 35.5 Å². The third-order valence-corrected chi connectivity index (χ3v) is 3.95. The van der Waals surface area contributed by atoms with Gasteiger partial charge < -0.3 is 19.7 Å². The first-order valence-corrected chi connectivity index (χ1v) is 7.15. The first-order valence-electron chi connectivity index (χ1n) is 7.15. The zero-order chi connectivity index (χ0) is 15.5. The van der Waals surface area contributed by atoms with Crippen molar-refractivity contribution in [3.8, 4) is 11.3 Å². The van der Waals surface area contributed by atoms with Gasteiger partial charge in [0.2, 0.25) is 0 Å². The third-order valence-electron chi connectivity index (χ3n) is 3.95. The van der Waals surface area contributed by atoms with Crippen molar-refractivity contribution in [2.45, 2.75) is 24.4 Å². The average molecular weight is 305 g/mol. The van der Waals surface area contributed by atoms with Crippen LogP contribution in [0.5, 0.6) is 0 Å². The maximum absolute atomic E-state index is 10.4. The summed E-state index contributed by atoms with van der Waals surface area (Å²) in [5.74, 6) is 0. The molecule has 2 heterocycles. The number of hydrogen-bond acceptors (Lipinski definition) is 6. The van der Waals surface area contributed by atoms with E-state index in [1.807, 2.05) is 30.3 Å². The average Bonchev–Trinajstić information content (AvgIpc) is 3.04. The molecule has 1 saturated heterocycles. The number of aliphatic hydroxyl groups is 2. The Balaban J connectivity index is 1.89. The van der Waals surface area contributed by atoms with E-state index in [9.17, 15) is 10.2 Å². The molecule has 0 amide bonds. The number of benzene rings is 1. The summed E-state index contributed by atoms with van der Waals surface area (Å²) in [5, 5.41) is 28.0. The zero-order valence-electron chi connectivity index (χ0n) is 12.2. The Labute approximate surface area is 128 Å². The normalized spacial score (nSPS) is 28.7. The molecule has 0 spiro atoms. The molecule has 2 aromatic rings. The van der Waals surface area contributed by atoms with Crippen molar-refractivity contribution < 1.29 is 19.7 Å². The number of hydrogen-bond donors (Lipinski definition) is 2. The van der Waals surface area contributed by atoms with Crippen molar-refractivity contribution in [3.05, 3.63) is 36.5 Å². The summed E-state index contributed by atoms with van der Waals surface area (Å²) in [5.41, 5.74) is 1.66. The molecule has 0 unspecified atom stereocenters. The summed E-state index contributed by atoms with van der Waals surface area (Å²) < 4.78 is 12.4. The summed E-state index contributed by atoms with van der Waals surface area (Å²) in [7, 11) is 1.56. The number of rotatable bonds is 4. The number of nitrogens with zero attached hydrogens (tertiary/aromatic N) is 3. The lowest BCUT2D eigenvalue weighted by Gasteiger charge is -2.38. The number of aromatic nitrogens is 3. The Bertz CT molecular complexity index is 604. The van der Waals surface area contributed by atoms with Crippen molar-refractivity contribution in [2.24, 2.45) is 0 Å². The number of aliphatic hydroxyl groups excluding tert-OH is 2.